The van der Waals surface area contributed by atoms with Gasteiger partial charge in [-0.3, -0.25) is 20.4 Å². The summed E-state index contributed by atoms with van der Waals surface area (Å²) >= 11 is 0. The van der Waals surface area contributed by atoms with Crippen LogP contribution >= 0.6 is 0 Å². The first-order valence-electron chi connectivity index (χ1n) is 9.61. The number of amides is 2. The summed E-state index contributed by atoms with van der Waals surface area (Å²) in [5.74, 6) is 0.246. The highest BCUT2D eigenvalue weighted by molar-refractivity contribution is 5.97. The number of rotatable bonds is 10. The summed E-state index contributed by atoms with van der Waals surface area (Å²) in [6.45, 7) is 4.41. The highest BCUT2D eigenvalue weighted by Crippen LogP contribution is 2.18. The second-order valence-electron chi connectivity index (χ2n) is 6.46. The van der Waals surface area contributed by atoms with E-state index in [1.165, 1.54) is 6.42 Å². The van der Waals surface area contributed by atoms with E-state index >= 15 is 0 Å². The van der Waals surface area contributed by atoms with Crippen LogP contribution in [0.2, 0.25) is 0 Å². The van der Waals surface area contributed by atoms with Gasteiger partial charge in [-0.05, 0) is 37.1 Å². The number of para-hydroxylation sites is 2. The zero-order valence-electron chi connectivity index (χ0n) is 16.5. The summed E-state index contributed by atoms with van der Waals surface area (Å²) < 4.78 is 11.2. The van der Waals surface area contributed by atoms with Crippen molar-refractivity contribution >= 4 is 11.8 Å². The van der Waals surface area contributed by atoms with Gasteiger partial charge >= 0.3 is 0 Å². The summed E-state index contributed by atoms with van der Waals surface area (Å²) in [6.07, 6.45) is 4.37. The lowest BCUT2D eigenvalue weighted by atomic mass is 10.2. The molecule has 2 amide bonds. The molecule has 2 aromatic rings. The number of hydrazine groups is 1. The fourth-order valence-corrected chi connectivity index (χ4v) is 2.58. The number of ether oxygens (including phenoxy) is 2. The van der Waals surface area contributed by atoms with Crippen LogP contribution in [0.15, 0.2) is 48.5 Å². The maximum atomic E-state index is 12.4. The number of unbranched alkanes of at least 4 members (excludes halogenated alkanes) is 3. The molecule has 0 unspecified atom stereocenters. The summed E-state index contributed by atoms with van der Waals surface area (Å²) in [5, 5.41) is 0. The molecule has 2 aromatic carbocycles. The number of hydrogen-bond donors (Lipinski definition) is 2. The monoisotopic (exact) mass is 384 g/mol. The standard InChI is InChI=1S/C22H28N2O4/c1-3-4-5-10-15-27-20-14-9-7-12-18(20)22(26)24-23-21(25)16-28-19-13-8-6-11-17(19)2/h6-9,11-14H,3-5,10,15-16H2,1-2H3,(H,23,25)(H,24,26). The van der Waals surface area contributed by atoms with Crippen molar-refractivity contribution in [3.63, 3.8) is 0 Å². The molecule has 0 radical (unpaired) electrons. The van der Waals surface area contributed by atoms with Crippen LogP contribution < -0.4 is 20.3 Å². The molecule has 0 saturated heterocycles. The van der Waals surface area contributed by atoms with Gasteiger partial charge in [0.2, 0.25) is 0 Å². The molecule has 0 fully saturated rings. The van der Waals surface area contributed by atoms with Gasteiger partial charge in [-0.15, -0.1) is 0 Å². The molecule has 0 atom stereocenters. The fraction of sp³-hybridized carbons (Fsp3) is 0.364. The van der Waals surface area contributed by atoms with Gasteiger partial charge in [0.05, 0.1) is 12.2 Å². The predicted molar refractivity (Wildman–Crippen MR) is 108 cm³/mol. The van der Waals surface area contributed by atoms with E-state index in [9.17, 15) is 9.59 Å². The molecule has 6 nitrogen and oxygen atoms in total. The van der Waals surface area contributed by atoms with E-state index in [1.54, 1.807) is 24.3 Å². The van der Waals surface area contributed by atoms with Gasteiger partial charge in [0.1, 0.15) is 11.5 Å². The molecule has 2 N–H and O–H groups in total. The van der Waals surface area contributed by atoms with Crippen molar-refractivity contribution in [3.05, 3.63) is 59.7 Å². The molecule has 0 heterocycles. The van der Waals surface area contributed by atoms with Gasteiger partial charge in [0.25, 0.3) is 11.8 Å². The summed E-state index contributed by atoms with van der Waals surface area (Å²) in [5.41, 5.74) is 6.07. The van der Waals surface area contributed by atoms with Gasteiger partial charge in [0, 0.05) is 0 Å². The van der Waals surface area contributed by atoms with Crippen molar-refractivity contribution in [3.8, 4) is 11.5 Å². The van der Waals surface area contributed by atoms with E-state index in [0.29, 0.717) is 23.7 Å². The largest absolute Gasteiger partial charge is 0.493 e. The Bertz CT molecular complexity index is 777. The summed E-state index contributed by atoms with van der Waals surface area (Å²) in [6, 6.07) is 14.4. The Labute approximate surface area is 166 Å². The number of carbonyl (C=O) groups is 2. The van der Waals surface area contributed by atoms with Crippen molar-refractivity contribution in [1.82, 2.24) is 10.9 Å². The maximum Gasteiger partial charge on any atom is 0.276 e. The molecule has 0 aliphatic heterocycles. The summed E-state index contributed by atoms with van der Waals surface area (Å²) in [7, 11) is 0. The molecule has 0 aliphatic carbocycles. The zero-order chi connectivity index (χ0) is 20.2. The number of aryl methyl sites for hydroxylation is 1. The van der Waals surface area contributed by atoms with Crippen LogP contribution in [0.25, 0.3) is 0 Å². The lowest BCUT2D eigenvalue weighted by molar-refractivity contribution is -0.123. The van der Waals surface area contributed by atoms with Crippen LogP contribution in [0, 0.1) is 6.92 Å². The van der Waals surface area contributed by atoms with Crippen LogP contribution in [-0.2, 0) is 4.79 Å². The number of hydrogen-bond acceptors (Lipinski definition) is 4. The second kappa shape index (κ2) is 11.6. The highest BCUT2D eigenvalue weighted by atomic mass is 16.5. The van der Waals surface area contributed by atoms with Gasteiger partial charge < -0.3 is 9.47 Å². The number of carbonyl (C=O) groups excluding carboxylic acids is 2. The van der Waals surface area contributed by atoms with Gasteiger partial charge in [-0.1, -0.05) is 56.5 Å². The van der Waals surface area contributed by atoms with Gasteiger partial charge in [-0.2, -0.15) is 0 Å². The van der Waals surface area contributed by atoms with Crippen molar-refractivity contribution < 1.29 is 19.1 Å². The Balaban J connectivity index is 1.80. The zero-order valence-corrected chi connectivity index (χ0v) is 16.5. The van der Waals surface area contributed by atoms with Gasteiger partial charge in [0.15, 0.2) is 6.61 Å². The third-order valence-corrected chi connectivity index (χ3v) is 4.15. The van der Waals surface area contributed by atoms with Crippen LogP contribution in [0.1, 0.15) is 48.5 Å². The smallest absolute Gasteiger partial charge is 0.276 e. The van der Waals surface area contributed by atoms with Gasteiger partial charge in [-0.25, -0.2) is 0 Å². The molecule has 0 spiro atoms. The molecule has 0 bridgehead atoms. The molecule has 150 valence electrons. The lowest BCUT2D eigenvalue weighted by Gasteiger charge is -2.13. The third-order valence-electron chi connectivity index (χ3n) is 4.15. The number of nitrogens with one attached hydrogen (secondary N) is 2. The topological polar surface area (TPSA) is 76.7 Å². The van der Waals surface area contributed by atoms with Crippen LogP contribution in [0.5, 0.6) is 11.5 Å². The molecule has 2 rings (SSSR count). The molecule has 6 heteroatoms. The Morgan fingerprint density at radius 2 is 1.57 bits per heavy atom. The van der Waals surface area contributed by atoms with Crippen LogP contribution in [0.4, 0.5) is 0 Å². The molecular formula is C22H28N2O4. The Hall–Kier alpha value is -3.02. The molecule has 0 aromatic heterocycles. The second-order valence-corrected chi connectivity index (χ2v) is 6.46. The molecular weight excluding hydrogens is 356 g/mol. The first kappa shape index (κ1) is 21.3. The molecule has 0 saturated carbocycles. The average molecular weight is 384 g/mol. The van der Waals surface area contributed by atoms with E-state index in [1.807, 2.05) is 31.2 Å². The maximum absolute atomic E-state index is 12.4. The Morgan fingerprint density at radius 3 is 2.32 bits per heavy atom. The van der Waals surface area contributed by atoms with Crippen LogP contribution in [0.3, 0.4) is 0 Å². The lowest BCUT2D eigenvalue weighted by Crippen LogP contribution is -2.44. The predicted octanol–water partition coefficient (Wildman–Crippen LogP) is 3.79. The first-order valence-corrected chi connectivity index (χ1v) is 9.61. The number of benzene rings is 2. The van der Waals surface area contributed by atoms with E-state index in [4.69, 9.17) is 9.47 Å². The quantitative estimate of drug-likeness (QED) is 0.483. The average Bonchev–Trinajstić information content (AvgIpc) is 2.71. The third kappa shape index (κ3) is 6.95. The Kier molecular flexibility index (Phi) is 8.85. The molecule has 28 heavy (non-hydrogen) atoms. The summed E-state index contributed by atoms with van der Waals surface area (Å²) in [4.78, 5) is 24.3. The van der Waals surface area contributed by atoms with Crippen molar-refractivity contribution in [2.75, 3.05) is 13.2 Å². The first-order chi connectivity index (χ1) is 13.6. The normalized spacial score (nSPS) is 10.2. The van der Waals surface area contributed by atoms with E-state index in [2.05, 4.69) is 17.8 Å². The van der Waals surface area contributed by atoms with Crippen molar-refractivity contribution in [1.29, 1.82) is 0 Å². The minimum Gasteiger partial charge on any atom is -0.493 e. The molecule has 0 aliphatic rings. The Morgan fingerprint density at radius 1 is 0.857 bits per heavy atom. The minimum atomic E-state index is -0.449. The van der Waals surface area contributed by atoms with Crippen molar-refractivity contribution in [2.45, 2.75) is 39.5 Å². The SMILES string of the molecule is CCCCCCOc1ccccc1C(=O)NNC(=O)COc1ccccc1C. The van der Waals surface area contributed by atoms with Crippen molar-refractivity contribution in [2.24, 2.45) is 0 Å². The van der Waals surface area contributed by atoms with Crippen LogP contribution in [-0.4, -0.2) is 25.0 Å². The minimum absolute atomic E-state index is 0.194. The fourth-order valence-electron chi connectivity index (χ4n) is 2.58. The van der Waals surface area contributed by atoms with E-state index in [-0.39, 0.29) is 6.61 Å². The van der Waals surface area contributed by atoms with E-state index < -0.39 is 11.8 Å². The highest BCUT2D eigenvalue weighted by Gasteiger charge is 2.13. The van der Waals surface area contributed by atoms with E-state index in [0.717, 1.165) is 24.8 Å².